The molecule has 2 heterocycles. The molecular formula is C23H30ClN3O4. The molecule has 1 aliphatic heterocycles. The van der Waals surface area contributed by atoms with Gasteiger partial charge in [-0.2, -0.15) is 0 Å². The number of ether oxygens (including phenoxy) is 2. The van der Waals surface area contributed by atoms with Gasteiger partial charge in [-0.05, 0) is 70.5 Å². The van der Waals surface area contributed by atoms with Crippen LogP contribution in [0.1, 0.15) is 47.0 Å². The number of alkyl carbamates (subject to hydrolysis) is 1. The van der Waals surface area contributed by atoms with Gasteiger partial charge >= 0.3 is 6.09 Å². The summed E-state index contributed by atoms with van der Waals surface area (Å²) in [6, 6.07) is 7.36. The first-order chi connectivity index (χ1) is 14.6. The van der Waals surface area contributed by atoms with Gasteiger partial charge in [0.05, 0.1) is 0 Å². The van der Waals surface area contributed by atoms with Gasteiger partial charge in [-0.15, -0.1) is 0 Å². The van der Waals surface area contributed by atoms with Crippen molar-refractivity contribution in [2.45, 2.75) is 58.6 Å². The van der Waals surface area contributed by atoms with E-state index in [1.165, 1.54) is 6.92 Å². The summed E-state index contributed by atoms with van der Waals surface area (Å²) in [6.45, 7) is 8.45. The first kappa shape index (κ1) is 23.1. The number of aromatic nitrogens is 1. The van der Waals surface area contributed by atoms with Crippen molar-refractivity contribution in [2.75, 3.05) is 24.6 Å². The van der Waals surface area contributed by atoms with E-state index in [0.29, 0.717) is 17.4 Å². The van der Waals surface area contributed by atoms with Gasteiger partial charge in [-0.1, -0.05) is 17.7 Å². The molecule has 168 valence electrons. The second-order valence-corrected chi connectivity index (χ2v) is 9.31. The highest BCUT2D eigenvalue weighted by molar-refractivity contribution is 6.30. The van der Waals surface area contributed by atoms with Crippen LogP contribution in [0, 0.1) is 0 Å². The summed E-state index contributed by atoms with van der Waals surface area (Å²) in [6.07, 6.45) is 2.41. The van der Waals surface area contributed by atoms with Crippen LogP contribution in [0.25, 0.3) is 10.8 Å². The Balaban J connectivity index is 1.86. The molecule has 0 aliphatic carbocycles. The lowest BCUT2D eigenvalue weighted by Crippen LogP contribution is -2.45. The summed E-state index contributed by atoms with van der Waals surface area (Å²) < 4.78 is 11.0. The van der Waals surface area contributed by atoms with Crippen molar-refractivity contribution in [3.05, 3.63) is 29.4 Å². The highest BCUT2D eigenvalue weighted by Gasteiger charge is 2.25. The van der Waals surface area contributed by atoms with Crippen molar-refractivity contribution in [1.29, 1.82) is 0 Å². The van der Waals surface area contributed by atoms with Crippen molar-refractivity contribution in [3.8, 4) is 5.75 Å². The number of hydrogen-bond donors (Lipinski definition) is 1. The smallest absolute Gasteiger partial charge is 0.407 e. The number of Topliss-reactive ketones (excluding diaryl/α,β-unsaturated/α-hetero) is 1. The van der Waals surface area contributed by atoms with Gasteiger partial charge in [-0.3, -0.25) is 4.79 Å². The summed E-state index contributed by atoms with van der Waals surface area (Å²) in [7, 11) is 0. The standard InChI is InChI=1S/C23H30ClN3O4/c1-15(28)14-30-18-9-8-16-11-20(24)26-21(19(16)12-18)27-10-6-5-7-17(13-27)25-22(29)31-23(2,3)4/h8-9,11-12,17H,5-7,10,13-14H2,1-4H3,(H,25,29)/t17-/m0/s1. The number of hydrogen-bond acceptors (Lipinski definition) is 6. The number of nitrogens with one attached hydrogen (secondary N) is 1. The van der Waals surface area contributed by atoms with Crippen molar-refractivity contribution in [3.63, 3.8) is 0 Å². The zero-order chi connectivity index (χ0) is 22.6. The number of ketones is 1. The molecule has 1 aromatic carbocycles. The van der Waals surface area contributed by atoms with Crippen LogP contribution < -0.4 is 15.0 Å². The molecule has 7 nitrogen and oxygen atoms in total. The third-order valence-corrected chi connectivity index (χ3v) is 5.08. The Hall–Kier alpha value is -2.54. The van der Waals surface area contributed by atoms with E-state index in [4.69, 9.17) is 21.1 Å². The molecule has 0 bridgehead atoms. The number of carbonyl (C=O) groups is 2. The van der Waals surface area contributed by atoms with E-state index in [1.807, 2.05) is 45.0 Å². The fraction of sp³-hybridized carbons (Fsp3) is 0.522. The van der Waals surface area contributed by atoms with Gasteiger partial charge in [-0.25, -0.2) is 9.78 Å². The summed E-state index contributed by atoms with van der Waals surface area (Å²) in [5.41, 5.74) is -0.546. The highest BCUT2D eigenvalue weighted by Crippen LogP contribution is 2.32. The Morgan fingerprint density at radius 2 is 2.03 bits per heavy atom. The number of halogens is 1. The minimum absolute atomic E-state index is 0.0213. The number of anilines is 1. The number of nitrogens with zero attached hydrogens (tertiary/aromatic N) is 2. The third kappa shape index (κ3) is 6.72. The predicted octanol–water partition coefficient (Wildman–Crippen LogP) is 4.74. The van der Waals surface area contributed by atoms with Gasteiger partial charge in [0.2, 0.25) is 0 Å². The van der Waals surface area contributed by atoms with E-state index in [1.54, 1.807) is 0 Å². The zero-order valence-corrected chi connectivity index (χ0v) is 19.3. The molecule has 8 heteroatoms. The van der Waals surface area contributed by atoms with Gasteiger partial charge in [0.1, 0.15) is 28.9 Å². The molecular weight excluding hydrogens is 418 g/mol. The van der Waals surface area contributed by atoms with Crippen molar-refractivity contribution in [1.82, 2.24) is 10.3 Å². The maximum Gasteiger partial charge on any atom is 0.407 e. The van der Waals surface area contributed by atoms with E-state index in [9.17, 15) is 9.59 Å². The third-order valence-electron chi connectivity index (χ3n) is 4.89. The minimum Gasteiger partial charge on any atom is -0.486 e. The van der Waals surface area contributed by atoms with E-state index in [2.05, 4.69) is 15.2 Å². The molecule has 1 amide bonds. The Morgan fingerprint density at radius 1 is 1.26 bits per heavy atom. The second-order valence-electron chi connectivity index (χ2n) is 8.93. The maximum atomic E-state index is 12.3. The normalized spacial score (nSPS) is 17.2. The van der Waals surface area contributed by atoms with Crippen LogP contribution in [0.3, 0.4) is 0 Å². The van der Waals surface area contributed by atoms with Crippen LogP contribution in [-0.4, -0.2) is 48.2 Å². The van der Waals surface area contributed by atoms with Crippen LogP contribution in [0.15, 0.2) is 24.3 Å². The molecule has 31 heavy (non-hydrogen) atoms. The van der Waals surface area contributed by atoms with Gasteiger partial charge in [0, 0.05) is 24.5 Å². The monoisotopic (exact) mass is 447 g/mol. The molecule has 1 aromatic heterocycles. The van der Waals surface area contributed by atoms with E-state index in [-0.39, 0.29) is 18.4 Å². The first-order valence-electron chi connectivity index (χ1n) is 10.6. The molecule has 1 fully saturated rings. The first-order valence-corrected chi connectivity index (χ1v) is 11.0. The Bertz CT molecular complexity index is 958. The molecule has 0 spiro atoms. The Labute approximate surface area is 188 Å². The second kappa shape index (κ2) is 9.73. The predicted molar refractivity (Wildman–Crippen MR) is 122 cm³/mol. The van der Waals surface area contributed by atoms with Crippen LogP contribution in [0.2, 0.25) is 5.15 Å². The van der Waals surface area contributed by atoms with E-state index in [0.717, 1.165) is 42.4 Å². The van der Waals surface area contributed by atoms with E-state index >= 15 is 0 Å². The van der Waals surface area contributed by atoms with Crippen LogP contribution >= 0.6 is 11.6 Å². The molecule has 0 unspecified atom stereocenters. The summed E-state index contributed by atoms with van der Waals surface area (Å²) in [5, 5.41) is 5.23. The van der Waals surface area contributed by atoms with Crippen LogP contribution in [-0.2, 0) is 9.53 Å². The molecule has 0 radical (unpaired) electrons. The summed E-state index contributed by atoms with van der Waals surface area (Å²) in [5.74, 6) is 1.30. The van der Waals surface area contributed by atoms with Crippen molar-refractivity contribution >= 4 is 40.1 Å². The lowest BCUT2D eigenvalue weighted by Gasteiger charge is -2.28. The number of amides is 1. The lowest BCUT2D eigenvalue weighted by molar-refractivity contribution is -0.118. The molecule has 3 rings (SSSR count). The lowest BCUT2D eigenvalue weighted by atomic mass is 10.1. The largest absolute Gasteiger partial charge is 0.486 e. The Kier molecular flexibility index (Phi) is 7.26. The van der Waals surface area contributed by atoms with Gasteiger partial charge < -0.3 is 19.7 Å². The number of fused-ring (bicyclic) bond motifs is 1. The average molecular weight is 448 g/mol. The maximum absolute atomic E-state index is 12.3. The van der Waals surface area contributed by atoms with Crippen molar-refractivity contribution in [2.24, 2.45) is 0 Å². The molecule has 1 saturated heterocycles. The van der Waals surface area contributed by atoms with Gasteiger partial charge in [0.15, 0.2) is 5.78 Å². The van der Waals surface area contributed by atoms with E-state index < -0.39 is 11.7 Å². The molecule has 1 N–H and O–H groups in total. The molecule has 1 atom stereocenters. The number of rotatable bonds is 5. The quantitative estimate of drug-likeness (QED) is 0.667. The van der Waals surface area contributed by atoms with Crippen LogP contribution in [0.5, 0.6) is 5.75 Å². The molecule has 0 saturated carbocycles. The number of pyridine rings is 1. The summed E-state index contributed by atoms with van der Waals surface area (Å²) in [4.78, 5) is 30.3. The Morgan fingerprint density at radius 3 is 2.74 bits per heavy atom. The topological polar surface area (TPSA) is 80.8 Å². The number of benzene rings is 1. The zero-order valence-electron chi connectivity index (χ0n) is 18.5. The SMILES string of the molecule is CC(=O)COc1ccc2cc(Cl)nc(N3CCCC[C@H](NC(=O)OC(C)(C)C)C3)c2c1. The fourth-order valence-corrected chi connectivity index (χ4v) is 3.82. The van der Waals surface area contributed by atoms with Crippen LogP contribution in [0.4, 0.5) is 10.6 Å². The fourth-order valence-electron chi connectivity index (χ4n) is 3.62. The molecule has 2 aromatic rings. The summed E-state index contributed by atoms with van der Waals surface area (Å²) >= 11 is 6.32. The van der Waals surface area contributed by atoms with Gasteiger partial charge in [0.25, 0.3) is 0 Å². The number of carbonyl (C=O) groups excluding carboxylic acids is 2. The highest BCUT2D eigenvalue weighted by atomic mass is 35.5. The average Bonchev–Trinajstić information content (AvgIpc) is 2.89. The van der Waals surface area contributed by atoms with Crippen molar-refractivity contribution < 1.29 is 19.1 Å². The molecule has 1 aliphatic rings. The minimum atomic E-state index is -0.546.